The van der Waals surface area contributed by atoms with Crippen LogP contribution in [0.25, 0.3) is 10.9 Å². The number of halogens is 1. The zero-order valence-electron chi connectivity index (χ0n) is 16.0. The first-order valence-corrected chi connectivity index (χ1v) is 9.94. The number of ketones is 1. The summed E-state index contributed by atoms with van der Waals surface area (Å²) in [6, 6.07) is 11.4. The highest BCUT2D eigenvalue weighted by Gasteiger charge is 2.41. The number of hydrogen-bond acceptors (Lipinski definition) is 4. The highest BCUT2D eigenvalue weighted by molar-refractivity contribution is 9.10. The SMILES string of the molecule is Cn1c2c(c3ccc(Br)cc31)C(=O)c1ccc(OC[C@@H](O)CO)cc1C2(C)C. The quantitative estimate of drug-likeness (QED) is 0.646. The van der Waals surface area contributed by atoms with Crippen LogP contribution >= 0.6 is 15.9 Å². The molecule has 2 N–H and O–H groups in total. The van der Waals surface area contributed by atoms with Gasteiger partial charge in [-0.25, -0.2) is 0 Å². The van der Waals surface area contributed by atoms with Gasteiger partial charge < -0.3 is 19.5 Å². The Labute approximate surface area is 171 Å². The third-order valence-electron chi connectivity index (χ3n) is 5.54. The summed E-state index contributed by atoms with van der Waals surface area (Å²) in [7, 11) is 1.99. The number of nitrogens with zero attached hydrogens (tertiary/aromatic N) is 1. The number of carbonyl (C=O) groups excluding carboxylic acids is 1. The van der Waals surface area contributed by atoms with Crippen LogP contribution in [0.4, 0.5) is 0 Å². The van der Waals surface area contributed by atoms with Gasteiger partial charge in [0.1, 0.15) is 18.5 Å². The summed E-state index contributed by atoms with van der Waals surface area (Å²) in [6.07, 6.45) is -0.936. The number of aliphatic hydroxyl groups excluding tert-OH is 2. The van der Waals surface area contributed by atoms with E-state index in [0.717, 1.165) is 32.2 Å². The van der Waals surface area contributed by atoms with Crippen LogP contribution in [-0.4, -0.2) is 39.9 Å². The lowest BCUT2D eigenvalue weighted by atomic mass is 9.71. The van der Waals surface area contributed by atoms with Crippen molar-refractivity contribution in [1.29, 1.82) is 0 Å². The first-order chi connectivity index (χ1) is 13.3. The molecule has 0 radical (unpaired) electrons. The van der Waals surface area contributed by atoms with Gasteiger partial charge in [-0.15, -0.1) is 0 Å². The van der Waals surface area contributed by atoms with Crippen LogP contribution in [0.5, 0.6) is 5.75 Å². The Morgan fingerprint density at radius 3 is 2.68 bits per heavy atom. The maximum atomic E-state index is 13.4. The van der Waals surface area contributed by atoms with Crippen LogP contribution in [-0.2, 0) is 12.5 Å². The zero-order chi connectivity index (χ0) is 20.2. The van der Waals surface area contributed by atoms with E-state index in [1.165, 1.54) is 0 Å². The number of aromatic nitrogens is 1. The predicted octanol–water partition coefficient (Wildman–Crippen LogP) is 3.54. The molecule has 0 aliphatic heterocycles. The van der Waals surface area contributed by atoms with E-state index in [0.29, 0.717) is 11.3 Å². The summed E-state index contributed by atoms with van der Waals surface area (Å²) in [6.45, 7) is 3.86. The molecule has 1 atom stereocenters. The van der Waals surface area contributed by atoms with Crippen LogP contribution in [0.2, 0.25) is 0 Å². The molecule has 0 unspecified atom stereocenters. The van der Waals surface area contributed by atoms with Crippen LogP contribution in [0.15, 0.2) is 40.9 Å². The molecule has 1 aliphatic rings. The summed E-state index contributed by atoms with van der Waals surface area (Å²) in [5, 5.41) is 19.5. The van der Waals surface area contributed by atoms with E-state index >= 15 is 0 Å². The molecule has 6 heteroatoms. The molecule has 28 heavy (non-hydrogen) atoms. The number of aryl methyl sites for hydroxylation is 1. The van der Waals surface area contributed by atoms with E-state index in [9.17, 15) is 9.90 Å². The zero-order valence-corrected chi connectivity index (χ0v) is 17.6. The average molecular weight is 444 g/mol. The summed E-state index contributed by atoms with van der Waals surface area (Å²) < 4.78 is 8.68. The highest BCUT2D eigenvalue weighted by atomic mass is 79.9. The number of benzene rings is 2. The molecule has 1 heterocycles. The van der Waals surface area contributed by atoms with Gasteiger partial charge in [0.25, 0.3) is 0 Å². The predicted molar refractivity (Wildman–Crippen MR) is 111 cm³/mol. The number of carbonyl (C=O) groups is 1. The summed E-state index contributed by atoms with van der Waals surface area (Å²) in [5.41, 5.74) is 3.90. The van der Waals surface area contributed by atoms with Crippen molar-refractivity contribution in [1.82, 2.24) is 4.57 Å². The van der Waals surface area contributed by atoms with Crippen molar-refractivity contribution in [2.45, 2.75) is 25.4 Å². The van der Waals surface area contributed by atoms with Gasteiger partial charge in [-0.1, -0.05) is 35.8 Å². The van der Waals surface area contributed by atoms with Gasteiger partial charge in [-0.3, -0.25) is 4.79 Å². The van der Waals surface area contributed by atoms with Crippen molar-refractivity contribution < 1.29 is 19.7 Å². The Kier molecular flexibility index (Phi) is 4.61. The van der Waals surface area contributed by atoms with E-state index in [-0.39, 0.29) is 19.0 Å². The fourth-order valence-electron chi connectivity index (χ4n) is 4.21. The van der Waals surface area contributed by atoms with Gasteiger partial charge in [0.05, 0.1) is 12.2 Å². The molecule has 0 saturated carbocycles. The van der Waals surface area contributed by atoms with E-state index in [1.54, 1.807) is 12.1 Å². The molecular weight excluding hydrogens is 422 g/mol. The number of rotatable bonds is 4. The Morgan fingerprint density at radius 1 is 1.21 bits per heavy atom. The standard InChI is InChI=1S/C22H22BrNO4/c1-22(2)17-9-14(28-11-13(26)10-25)5-7-15(17)20(27)19-16-6-4-12(23)8-18(16)24(3)21(19)22/h4-9,13,25-26H,10-11H2,1-3H3/t13-/m0/s1. The highest BCUT2D eigenvalue weighted by Crippen LogP contribution is 2.46. The van der Waals surface area contributed by atoms with Gasteiger partial charge in [0.2, 0.25) is 0 Å². The smallest absolute Gasteiger partial charge is 0.195 e. The second-order valence-electron chi connectivity index (χ2n) is 7.75. The molecule has 4 rings (SSSR count). The average Bonchev–Trinajstić information content (AvgIpc) is 2.97. The Balaban J connectivity index is 1.88. The largest absolute Gasteiger partial charge is 0.491 e. The first kappa shape index (κ1) is 19.2. The molecule has 0 fully saturated rings. The maximum absolute atomic E-state index is 13.4. The molecule has 0 saturated heterocycles. The van der Waals surface area contributed by atoms with E-state index in [1.807, 2.05) is 31.3 Å². The summed E-state index contributed by atoms with van der Waals surface area (Å²) >= 11 is 3.52. The lowest BCUT2D eigenvalue weighted by molar-refractivity contribution is 0.0535. The van der Waals surface area contributed by atoms with Crippen LogP contribution in [0.1, 0.15) is 41.0 Å². The van der Waals surface area contributed by atoms with Crippen molar-refractivity contribution in [3.05, 3.63) is 63.3 Å². The minimum Gasteiger partial charge on any atom is -0.491 e. The number of ether oxygens (including phenoxy) is 1. The second-order valence-corrected chi connectivity index (χ2v) is 8.67. The van der Waals surface area contributed by atoms with Crippen molar-refractivity contribution >= 4 is 32.6 Å². The molecule has 5 nitrogen and oxygen atoms in total. The second kappa shape index (κ2) is 6.72. The van der Waals surface area contributed by atoms with Crippen LogP contribution < -0.4 is 4.74 Å². The van der Waals surface area contributed by atoms with Gasteiger partial charge in [0, 0.05) is 39.1 Å². The van der Waals surface area contributed by atoms with E-state index < -0.39 is 11.5 Å². The molecular formula is C22H22BrNO4. The third kappa shape index (κ3) is 2.79. The van der Waals surface area contributed by atoms with Gasteiger partial charge in [-0.05, 0) is 35.9 Å². The lowest BCUT2D eigenvalue weighted by Crippen LogP contribution is -2.32. The number of hydrogen-bond donors (Lipinski definition) is 2. The minimum atomic E-state index is -0.936. The van der Waals surface area contributed by atoms with Crippen molar-refractivity contribution in [2.75, 3.05) is 13.2 Å². The van der Waals surface area contributed by atoms with Crippen LogP contribution in [0.3, 0.4) is 0 Å². The fraction of sp³-hybridized carbons (Fsp3) is 0.318. The topological polar surface area (TPSA) is 71.7 Å². The fourth-order valence-corrected chi connectivity index (χ4v) is 4.56. The lowest BCUT2D eigenvalue weighted by Gasteiger charge is -2.34. The molecule has 0 bridgehead atoms. The summed E-state index contributed by atoms with van der Waals surface area (Å²) in [4.78, 5) is 13.4. The number of fused-ring (bicyclic) bond motifs is 4. The monoisotopic (exact) mass is 443 g/mol. The summed E-state index contributed by atoms with van der Waals surface area (Å²) in [5.74, 6) is 0.580. The van der Waals surface area contributed by atoms with Gasteiger partial charge >= 0.3 is 0 Å². The van der Waals surface area contributed by atoms with E-state index in [4.69, 9.17) is 9.84 Å². The molecule has 146 valence electrons. The van der Waals surface area contributed by atoms with Crippen LogP contribution in [0, 0.1) is 0 Å². The van der Waals surface area contributed by atoms with Gasteiger partial charge in [-0.2, -0.15) is 0 Å². The molecule has 1 aliphatic carbocycles. The van der Waals surface area contributed by atoms with Gasteiger partial charge in [0.15, 0.2) is 5.78 Å². The molecule has 3 aromatic rings. The van der Waals surface area contributed by atoms with Crippen molar-refractivity contribution in [3.8, 4) is 5.75 Å². The molecule has 1 aromatic heterocycles. The molecule has 0 amide bonds. The Morgan fingerprint density at radius 2 is 1.96 bits per heavy atom. The maximum Gasteiger partial charge on any atom is 0.195 e. The van der Waals surface area contributed by atoms with Crippen molar-refractivity contribution in [3.63, 3.8) is 0 Å². The molecule has 0 spiro atoms. The molecule has 2 aromatic carbocycles. The third-order valence-corrected chi connectivity index (χ3v) is 6.04. The number of aliphatic hydroxyl groups is 2. The minimum absolute atomic E-state index is 0.00300. The Bertz CT molecular complexity index is 1100. The van der Waals surface area contributed by atoms with E-state index in [2.05, 4.69) is 34.3 Å². The normalized spacial score (nSPS) is 16.0. The Hall–Kier alpha value is -2.15. The van der Waals surface area contributed by atoms with Crippen molar-refractivity contribution in [2.24, 2.45) is 7.05 Å². The first-order valence-electron chi connectivity index (χ1n) is 9.15.